The van der Waals surface area contributed by atoms with Gasteiger partial charge >= 0.3 is 11.8 Å². The van der Waals surface area contributed by atoms with Gasteiger partial charge in [-0.1, -0.05) is 30.3 Å². The van der Waals surface area contributed by atoms with Crippen molar-refractivity contribution in [1.82, 2.24) is 25.1 Å². The Labute approximate surface area is 172 Å². The lowest BCUT2D eigenvalue weighted by Crippen LogP contribution is -2.35. The molecule has 0 spiro atoms. The van der Waals surface area contributed by atoms with E-state index in [9.17, 15) is 14.4 Å². The largest absolute Gasteiger partial charge is 0.344 e. The van der Waals surface area contributed by atoms with Crippen LogP contribution in [0.1, 0.15) is 35.4 Å². The van der Waals surface area contributed by atoms with Gasteiger partial charge in [0.1, 0.15) is 5.82 Å². The molecule has 9 heteroatoms. The van der Waals surface area contributed by atoms with E-state index in [-0.39, 0.29) is 23.9 Å². The summed E-state index contributed by atoms with van der Waals surface area (Å²) in [6.45, 7) is 1.99. The molecule has 1 aromatic carbocycles. The molecule has 0 aliphatic heterocycles. The van der Waals surface area contributed by atoms with Crippen molar-refractivity contribution in [3.05, 3.63) is 69.3 Å². The van der Waals surface area contributed by atoms with Crippen LogP contribution < -0.4 is 16.2 Å². The summed E-state index contributed by atoms with van der Waals surface area (Å²) in [5.41, 5.74) is 2.76. The molecule has 3 aromatic rings. The Morgan fingerprint density at radius 1 is 1.13 bits per heavy atom. The number of amides is 2. The van der Waals surface area contributed by atoms with Crippen molar-refractivity contribution >= 4 is 17.6 Å². The lowest BCUT2D eigenvalue weighted by atomic mass is 9.97. The summed E-state index contributed by atoms with van der Waals surface area (Å²) in [7, 11) is 0. The number of benzene rings is 1. The number of aryl methyl sites for hydroxylation is 2. The Bertz CT molecular complexity index is 1150. The van der Waals surface area contributed by atoms with Crippen LogP contribution in [0.15, 0.2) is 41.2 Å². The Balaban J connectivity index is 1.52. The van der Waals surface area contributed by atoms with E-state index in [1.165, 1.54) is 4.68 Å². The van der Waals surface area contributed by atoms with Gasteiger partial charge in [0.2, 0.25) is 5.95 Å². The van der Waals surface area contributed by atoms with E-state index >= 15 is 0 Å². The molecular weight excluding hydrogens is 384 g/mol. The first kappa shape index (κ1) is 19.6. The number of anilines is 1. The number of carbonyl (C=O) groups is 2. The summed E-state index contributed by atoms with van der Waals surface area (Å²) < 4.78 is 1.34. The fraction of sp³-hybridized carbons (Fsp3) is 0.286. The second kappa shape index (κ2) is 8.32. The Morgan fingerprint density at radius 3 is 2.70 bits per heavy atom. The van der Waals surface area contributed by atoms with E-state index in [0.29, 0.717) is 17.7 Å². The van der Waals surface area contributed by atoms with Crippen LogP contribution in [0.4, 0.5) is 5.82 Å². The smallest absolute Gasteiger partial charge is 0.314 e. The number of hydrogen-bond acceptors (Lipinski definition) is 5. The van der Waals surface area contributed by atoms with Gasteiger partial charge in [-0.25, -0.2) is 4.98 Å². The summed E-state index contributed by atoms with van der Waals surface area (Å²) in [6, 6.07) is 10.9. The van der Waals surface area contributed by atoms with Crippen LogP contribution in [0.5, 0.6) is 0 Å². The van der Waals surface area contributed by atoms with E-state index in [4.69, 9.17) is 0 Å². The van der Waals surface area contributed by atoms with E-state index in [1.54, 1.807) is 13.0 Å². The number of aromatic nitrogens is 4. The first-order valence-corrected chi connectivity index (χ1v) is 9.83. The predicted molar refractivity (Wildman–Crippen MR) is 110 cm³/mol. The number of hydrogen-bond donors (Lipinski definition) is 3. The van der Waals surface area contributed by atoms with Gasteiger partial charge in [0.05, 0.1) is 11.4 Å². The van der Waals surface area contributed by atoms with Crippen LogP contribution in [0.2, 0.25) is 0 Å². The summed E-state index contributed by atoms with van der Waals surface area (Å²) in [4.78, 5) is 44.3. The van der Waals surface area contributed by atoms with Crippen molar-refractivity contribution < 1.29 is 9.59 Å². The highest BCUT2D eigenvalue weighted by atomic mass is 16.2. The van der Waals surface area contributed by atoms with Crippen LogP contribution in [-0.4, -0.2) is 31.6 Å². The third-order valence-electron chi connectivity index (χ3n) is 4.95. The fourth-order valence-corrected chi connectivity index (χ4v) is 3.47. The van der Waals surface area contributed by atoms with Gasteiger partial charge in [-0.05, 0) is 38.2 Å². The van der Waals surface area contributed by atoms with E-state index < -0.39 is 11.8 Å². The maximum absolute atomic E-state index is 12.4. The molecule has 154 valence electrons. The quantitative estimate of drug-likeness (QED) is 0.566. The number of fused-ring (bicyclic) bond motifs is 1. The lowest BCUT2D eigenvalue weighted by Gasteiger charge is -2.15. The standard InChI is InChI=1S/C21H22N6O3/c1-13-11-17(24-20(30)19(29)22-12-14-7-3-2-4-8-14)27(26-13)21-23-16-10-6-5-9-15(16)18(28)25-21/h2-4,7-8,11H,5-6,9-10,12H2,1H3,(H,22,29)(H,24,30)(H,23,25,28). The van der Waals surface area contributed by atoms with Crippen molar-refractivity contribution in [2.75, 3.05) is 5.32 Å². The minimum Gasteiger partial charge on any atom is -0.344 e. The molecule has 2 heterocycles. The topological polar surface area (TPSA) is 122 Å². The van der Waals surface area contributed by atoms with Gasteiger partial charge < -0.3 is 10.6 Å². The van der Waals surface area contributed by atoms with Gasteiger partial charge in [0.25, 0.3) is 5.56 Å². The number of aromatic amines is 1. The van der Waals surface area contributed by atoms with Crippen molar-refractivity contribution in [2.45, 2.75) is 39.2 Å². The normalized spacial score (nSPS) is 12.8. The molecule has 2 amide bonds. The second-order valence-electron chi connectivity index (χ2n) is 7.23. The molecule has 30 heavy (non-hydrogen) atoms. The zero-order valence-electron chi connectivity index (χ0n) is 16.6. The van der Waals surface area contributed by atoms with Crippen LogP contribution in [0.3, 0.4) is 0 Å². The molecule has 1 aliphatic carbocycles. The summed E-state index contributed by atoms with van der Waals surface area (Å²) in [5, 5.41) is 9.45. The van der Waals surface area contributed by atoms with Crippen molar-refractivity contribution in [3.8, 4) is 5.95 Å². The summed E-state index contributed by atoms with van der Waals surface area (Å²) in [5.74, 6) is -1.12. The molecule has 0 unspecified atom stereocenters. The van der Waals surface area contributed by atoms with Crippen molar-refractivity contribution in [1.29, 1.82) is 0 Å². The molecule has 0 atom stereocenters. The molecule has 0 fully saturated rings. The zero-order chi connectivity index (χ0) is 21.1. The molecular formula is C21H22N6O3. The first-order chi connectivity index (χ1) is 14.5. The molecule has 1 aliphatic rings. The van der Waals surface area contributed by atoms with Gasteiger partial charge in [-0.3, -0.25) is 19.4 Å². The van der Waals surface area contributed by atoms with Gasteiger partial charge in [-0.15, -0.1) is 0 Å². The van der Waals surface area contributed by atoms with Crippen LogP contribution in [-0.2, 0) is 29.0 Å². The molecule has 2 aromatic heterocycles. The van der Waals surface area contributed by atoms with Crippen LogP contribution in [0.25, 0.3) is 5.95 Å². The van der Waals surface area contributed by atoms with Crippen LogP contribution >= 0.6 is 0 Å². The Kier molecular flexibility index (Phi) is 5.42. The van der Waals surface area contributed by atoms with E-state index in [1.807, 2.05) is 30.3 Å². The minimum atomic E-state index is -0.826. The molecule has 0 bridgehead atoms. The average molecular weight is 406 g/mol. The third-order valence-corrected chi connectivity index (χ3v) is 4.95. The number of carbonyl (C=O) groups excluding carboxylic acids is 2. The number of H-pyrrole nitrogens is 1. The molecule has 0 saturated heterocycles. The number of nitrogens with zero attached hydrogens (tertiary/aromatic N) is 3. The predicted octanol–water partition coefficient (Wildman–Crippen LogP) is 1.40. The molecule has 4 rings (SSSR count). The maximum atomic E-state index is 12.4. The van der Waals surface area contributed by atoms with Crippen LogP contribution in [0, 0.1) is 6.92 Å². The third kappa shape index (κ3) is 4.14. The monoisotopic (exact) mass is 406 g/mol. The zero-order valence-corrected chi connectivity index (χ0v) is 16.6. The van der Waals surface area contributed by atoms with Gasteiger partial charge in [0, 0.05) is 18.2 Å². The fourth-order valence-electron chi connectivity index (χ4n) is 3.47. The maximum Gasteiger partial charge on any atom is 0.314 e. The SMILES string of the molecule is Cc1cc(NC(=O)C(=O)NCc2ccccc2)n(-c2nc3c(c(=O)[nH]2)CCCC3)n1. The summed E-state index contributed by atoms with van der Waals surface area (Å²) in [6.07, 6.45) is 3.39. The highest BCUT2D eigenvalue weighted by molar-refractivity contribution is 6.39. The number of rotatable bonds is 4. The lowest BCUT2D eigenvalue weighted by molar-refractivity contribution is -0.136. The van der Waals surface area contributed by atoms with E-state index in [0.717, 1.165) is 30.5 Å². The molecule has 0 saturated carbocycles. The molecule has 3 N–H and O–H groups in total. The second-order valence-corrected chi connectivity index (χ2v) is 7.23. The number of nitrogens with one attached hydrogen (secondary N) is 3. The van der Waals surface area contributed by atoms with Gasteiger partial charge in [0.15, 0.2) is 0 Å². The Hall–Kier alpha value is -3.75. The average Bonchev–Trinajstić information content (AvgIpc) is 3.12. The summed E-state index contributed by atoms with van der Waals surface area (Å²) >= 11 is 0. The van der Waals surface area contributed by atoms with Crippen molar-refractivity contribution in [3.63, 3.8) is 0 Å². The highest BCUT2D eigenvalue weighted by Crippen LogP contribution is 2.19. The van der Waals surface area contributed by atoms with Gasteiger partial charge in [-0.2, -0.15) is 9.78 Å². The molecule has 9 nitrogen and oxygen atoms in total. The first-order valence-electron chi connectivity index (χ1n) is 9.83. The van der Waals surface area contributed by atoms with Crippen molar-refractivity contribution in [2.24, 2.45) is 0 Å². The highest BCUT2D eigenvalue weighted by Gasteiger charge is 2.20. The minimum absolute atomic E-state index is 0.194. The van der Waals surface area contributed by atoms with E-state index in [2.05, 4.69) is 25.7 Å². The Morgan fingerprint density at radius 2 is 1.90 bits per heavy atom. The molecule has 0 radical (unpaired) electrons.